The molecule has 23 heavy (non-hydrogen) atoms. The van der Waals surface area contributed by atoms with Gasteiger partial charge in [0.15, 0.2) is 5.96 Å². The molecule has 0 spiro atoms. The van der Waals surface area contributed by atoms with E-state index in [9.17, 15) is 0 Å². The van der Waals surface area contributed by atoms with Crippen molar-refractivity contribution >= 4 is 29.9 Å². The number of hydrogen-bond acceptors (Lipinski definition) is 3. The molecule has 0 fully saturated rings. The van der Waals surface area contributed by atoms with Gasteiger partial charge >= 0.3 is 0 Å². The monoisotopic (exact) mass is 435 g/mol. The van der Waals surface area contributed by atoms with E-state index in [0.717, 1.165) is 44.2 Å². The lowest BCUT2D eigenvalue weighted by Crippen LogP contribution is -2.38. The number of guanidine groups is 1. The second kappa shape index (κ2) is 13.4. The van der Waals surface area contributed by atoms with Crippen LogP contribution in [0.1, 0.15) is 24.8 Å². The van der Waals surface area contributed by atoms with E-state index < -0.39 is 0 Å². The Morgan fingerprint density at radius 2 is 1.83 bits per heavy atom. The average molecular weight is 435 g/mol. The van der Waals surface area contributed by atoms with Crippen LogP contribution in [0.4, 0.5) is 0 Å². The van der Waals surface area contributed by atoms with Gasteiger partial charge in [-0.3, -0.25) is 4.99 Å². The molecule has 0 unspecified atom stereocenters. The van der Waals surface area contributed by atoms with Gasteiger partial charge in [0.2, 0.25) is 0 Å². The third kappa shape index (κ3) is 9.00. The summed E-state index contributed by atoms with van der Waals surface area (Å²) >= 11 is 0. The largest absolute Gasteiger partial charge is 0.497 e. The molecule has 0 atom stereocenters. The first-order valence-electron chi connectivity index (χ1n) is 7.75. The summed E-state index contributed by atoms with van der Waals surface area (Å²) in [5, 5.41) is 3.40. The van der Waals surface area contributed by atoms with Crippen molar-refractivity contribution in [1.82, 2.24) is 10.2 Å². The molecule has 5 nitrogen and oxygen atoms in total. The van der Waals surface area contributed by atoms with Crippen molar-refractivity contribution in [2.75, 3.05) is 41.5 Å². The lowest BCUT2D eigenvalue weighted by Gasteiger charge is -2.22. The molecule has 1 rings (SSSR count). The summed E-state index contributed by atoms with van der Waals surface area (Å²) in [6.07, 6.45) is 3.40. The van der Waals surface area contributed by atoms with Crippen LogP contribution in [-0.4, -0.2) is 52.3 Å². The molecule has 1 aromatic rings. The molecular weight excluding hydrogens is 405 g/mol. The zero-order valence-corrected chi connectivity index (χ0v) is 17.0. The average Bonchev–Trinajstić information content (AvgIpc) is 2.55. The molecule has 0 aliphatic rings. The highest BCUT2D eigenvalue weighted by atomic mass is 127. The van der Waals surface area contributed by atoms with Gasteiger partial charge in [0.25, 0.3) is 0 Å². The number of benzene rings is 1. The smallest absolute Gasteiger partial charge is 0.193 e. The minimum Gasteiger partial charge on any atom is -0.497 e. The van der Waals surface area contributed by atoms with Crippen LogP contribution >= 0.6 is 24.0 Å². The molecule has 0 heterocycles. The van der Waals surface area contributed by atoms with Gasteiger partial charge in [0, 0.05) is 40.9 Å². The molecule has 0 saturated heterocycles. The molecule has 1 N–H and O–H groups in total. The lowest BCUT2D eigenvalue weighted by atomic mass is 10.2. The predicted molar refractivity (Wildman–Crippen MR) is 107 cm³/mol. The molecule has 0 bridgehead atoms. The zero-order valence-electron chi connectivity index (χ0n) is 14.7. The molecule has 6 heteroatoms. The molecule has 132 valence electrons. The van der Waals surface area contributed by atoms with Gasteiger partial charge in [-0.25, -0.2) is 0 Å². The van der Waals surface area contributed by atoms with Crippen LogP contribution < -0.4 is 10.1 Å². The first-order chi connectivity index (χ1) is 10.7. The fourth-order valence-corrected chi connectivity index (χ4v) is 2.21. The highest BCUT2D eigenvalue weighted by Crippen LogP contribution is 2.12. The maximum atomic E-state index is 5.18. The Labute approximate surface area is 157 Å². The summed E-state index contributed by atoms with van der Waals surface area (Å²) < 4.78 is 10.2. The Morgan fingerprint density at radius 1 is 1.13 bits per heavy atom. The van der Waals surface area contributed by atoms with Crippen molar-refractivity contribution in [2.45, 2.75) is 25.8 Å². The topological polar surface area (TPSA) is 46.1 Å². The van der Waals surface area contributed by atoms with Gasteiger partial charge in [-0.2, -0.15) is 0 Å². The second-order valence-electron chi connectivity index (χ2n) is 5.23. The normalized spacial score (nSPS) is 10.9. The first-order valence-corrected chi connectivity index (χ1v) is 7.75. The van der Waals surface area contributed by atoms with E-state index in [-0.39, 0.29) is 24.0 Å². The Bertz CT molecular complexity index is 438. The summed E-state index contributed by atoms with van der Waals surface area (Å²) in [5.74, 6) is 1.80. The van der Waals surface area contributed by atoms with Crippen molar-refractivity contribution in [3.8, 4) is 5.75 Å². The minimum absolute atomic E-state index is 0. The number of rotatable bonds is 9. The van der Waals surface area contributed by atoms with Gasteiger partial charge < -0.3 is 19.7 Å². The number of methoxy groups -OCH3 is 2. The fourth-order valence-electron chi connectivity index (χ4n) is 2.21. The highest BCUT2D eigenvalue weighted by Gasteiger charge is 2.06. The van der Waals surface area contributed by atoms with E-state index in [4.69, 9.17) is 9.47 Å². The van der Waals surface area contributed by atoms with Gasteiger partial charge in [0.1, 0.15) is 5.75 Å². The van der Waals surface area contributed by atoms with Crippen molar-refractivity contribution in [3.63, 3.8) is 0 Å². The Hall–Kier alpha value is -1.02. The van der Waals surface area contributed by atoms with Crippen LogP contribution in [0.5, 0.6) is 5.75 Å². The van der Waals surface area contributed by atoms with Crippen molar-refractivity contribution in [1.29, 1.82) is 0 Å². The van der Waals surface area contributed by atoms with E-state index in [1.165, 1.54) is 12.0 Å². The van der Waals surface area contributed by atoms with E-state index in [1.54, 1.807) is 14.2 Å². The Balaban J connectivity index is 0.00000484. The molecular formula is C17H30IN3O2. The number of nitrogens with zero attached hydrogens (tertiary/aromatic N) is 2. The second-order valence-corrected chi connectivity index (χ2v) is 5.23. The van der Waals surface area contributed by atoms with Crippen LogP contribution in [-0.2, 0) is 11.3 Å². The Kier molecular flexibility index (Phi) is 12.8. The van der Waals surface area contributed by atoms with Crippen LogP contribution in [0.2, 0.25) is 0 Å². The third-order valence-electron chi connectivity index (χ3n) is 3.46. The van der Waals surface area contributed by atoms with Crippen LogP contribution in [0.15, 0.2) is 29.3 Å². The summed E-state index contributed by atoms with van der Waals surface area (Å²) in [6, 6.07) is 8.12. The molecule has 0 amide bonds. The minimum atomic E-state index is 0. The highest BCUT2D eigenvalue weighted by molar-refractivity contribution is 14.0. The molecule has 0 radical (unpaired) electrons. The van der Waals surface area contributed by atoms with Gasteiger partial charge in [-0.05, 0) is 37.0 Å². The SMILES string of the molecule is CN=C(NCCCCCOC)N(C)Cc1ccc(OC)cc1.I. The third-order valence-corrected chi connectivity index (χ3v) is 3.46. The van der Waals surface area contributed by atoms with Gasteiger partial charge in [-0.1, -0.05) is 12.1 Å². The maximum absolute atomic E-state index is 5.18. The van der Waals surface area contributed by atoms with Gasteiger partial charge in [-0.15, -0.1) is 24.0 Å². The quantitative estimate of drug-likeness (QED) is 0.280. The molecule has 0 aliphatic heterocycles. The summed E-state index contributed by atoms with van der Waals surface area (Å²) in [5.41, 5.74) is 1.23. The standard InChI is InChI=1S/C17H29N3O2.HI/c1-18-17(19-12-6-5-7-13-21-3)20(2)14-15-8-10-16(22-4)11-9-15;/h8-11H,5-7,12-14H2,1-4H3,(H,18,19);1H. The van der Waals surface area contributed by atoms with Crippen molar-refractivity contribution in [3.05, 3.63) is 29.8 Å². The van der Waals surface area contributed by atoms with E-state index in [1.807, 2.05) is 26.2 Å². The number of ether oxygens (including phenoxy) is 2. The lowest BCUT2D eigenvalue weighted by molar-refractivity contribution is 0.192. The molecule has 0 saturated carbocycles. The molecule has 0 aromatic heterocycles. The number of nitrogens with one attached hydrogen (secondary N) is 1. The van der Waals surface area contributed by atoms with E-state index in [2.05, 4.69) is 27.3 Å². The predicted octanol–water partition coefficient (Wildman–Crippen LogP) is 3.14. The van der Waals surface area contributed by atoms with Crippen LogP contribution in [0.3, 0.4) is 0 Å². The van der Waals surface area contributed by atoms with E-state index >= 15 is 0 Å². The zero-order chi connectivity index (χ0) is 16.2. The number of unbranched alkanes of at least 4 members (excludes halogenated alkanes) is 2. The number of aliphatic imine (C=N–C) groups is 1. The van der Waals surface area contributed by atoms with E-state index in [0.29, 0.717) is 0 Å². The van der Waals surface area contributed by atoms with Crippen LogP contribution in [0, 0.1) is 0 Å². The fraction of sp³-hybridized carbons (Fsp3) is 0.588. The molecule has 0 aliphatic carbocycles. The number of halogens is 1. The van der Waals surface area contributed by atoms with Crippen LogP contribution in [0.25, 0.3) is 0 Å². The van der Waals surface area contributed by atoms with Crippen molar-refractivity contribution < 1.29 is 9.47 Å². The molecule has 1 aromatic carbocycles. The Morgan fingerprint density at radius 3 is 2.39 bits per heavy atom. The maximum Gasteiger partial charge on any atom is 0.193 e. The van der Waals surface area contributed by atoms with Gasteiger partial charge in [0.05, 0.1) is 7.11 Å². The first kappa shape index (κ1) is 22.0. The summed E-state index contributed by atoms with van der Waals surface area (Å²) in [6.45, 7) is 2.59. The number of hydrogen-bond donors (Lipinski definition) is 1. The van der Waals surface area contributed by atoms with Crippen molar-refractivity contribution in [2.24, 2.45) is 4.99 Å². The summed E-state index contributed by atoms with van der Waals surface area (Å²) in [4.78, 5) is 6.46. The summed E-state index contributed by atoms with van der Waals surface area (Å²) in [7, 11) is 7.29.